The first-order valence-corrected chi connectivity index (χ1v) is 9.34. The van der Waals surface area contributed by atoms with Crippen molar-refractivity contribution >= 4 is 12.3 Å². The molecule has 0 saturated heterocycles. The first-order valence-electron chi connectivity index (χ1n) is 9.34. The van der Waals surface area contributed by atoms with E-state index < -0.39 is 12.0 Å². The summed E-state index contributed by atoms with van der Waals surface area (Å²) in [6.45, 7) is 0.604. The number of carbonyl (C=O) groups is 2. The predicted octanol–water partition coefficient (Wildman–Crippen LogP) is 2.18. The van der Waals surface area contributed by atoms with Crippen molar-refractivity contribution in [3.05, 3.63) is 35.4 Å². The minimum atomic E-state index is -0.933. The number of carboxylic acids is 1. The zero-order valence-corrected chi connectivity index (χ0v) is 15.8. The Morgan fingerprint density at radius 1 is 1.22 bits per heavy atom. The first kappa shape index (κ1) is 24.7. The quantitative estimate of drug-likeness (QED) is 0.438. The predicted molar refractivity (Wildman–Crippen MR) is 106 cm³/mol. The minimum absolute atomic E-state index is 0.520. The molecule has 1 aromatic carbocycles. The Morgan fingerprint density at radius 2 is 1.81 bits per heavy atom. The molecule has 0 spiro atoms. The largest absolute Gasteiger partial charge is 0.480 e. The molecule has 0 heterocycles. The number of aldehydes is 1. The van der Waals surface area contributed by atoms with E-state index in [9.17, 15) is 9.59 Å². The molecule has 0 unspecified atom stereocenters. The van der Waals surface area contributed by atoms with Crippen LogP contribution >= 0.6 is 0 Å². The first-order chi connectivity index (χ1) is 12.9. The lowest BCUT2D eigenvalue weighted by Crippen LogP contribution is -2.29. The molecule has 1 aromatic rings. The van der Waals surface area contributed by atoms with Gasteiger partial charge in [-0.15, -0.1) is 0 Å². The second-order valence-electron chi connectivity index (χ2n) is 6.48. The van der Waals surface area contributed by atoms with E-state index in [0.717, 1.165) is 19.1 Å². The average Bonchev–Trinajstić information content (AvgIpc) is 2.69. The number of unbranched alkanes of at least 4 members (excludes halogenated alkanes) is 1. The van der Waals surface area contributed by atoms with Crippen LogP contribution in [0.25, 0.3) is 0 Å². The van der Waals surface area contributed by atoms with E-state index in [4.69, 9.17) is 27.6 Å². The van der Waals surface area contributed by atoms with Crippen molar-refractivity contribution in [3.8, 4) is 6.07 Å². The van der Waals surface area contributed by atoms with Crippen molar-refractivity contribution in [3.63, 3.8) is 0 Å². The van der Waals surface area contributed by atoms with Crippen LogP contribution < -0.4 is 17.2 Å². The maximum absolute atomic E-state index is 10.1. The number of carbonyl (C=O) groups excluding carboxylic acids is 1. The number of benzene rings is 1. The molecule has 1 atom stereocenters. The van der Waals surface area contributed by atoms with Gasteiger partial charge in [-0.2, -0.15) is 5.26 Å². The standard InChI is InChI=1S/C8H5NO.C6H14N2O2.C6H13N/c9-5-7-1-3-8(6-10)4-2-7;7-4-2-1-3-5(8)6(9)10;7-6-4-2-1-3-5-6/h1-4,6H;5H,1-4,7-8H2,(H,9,10);6H,1-5,7H2/t;5-;/m.0./s1. The van der Waals surface area contributed by atoms with Crippen molar-refractivity contribution in [1.82, 2.24) is 0 Å². The third kappa shape index (κ3) is 13.6. The fourth-order valence-corrected chi connectivity index (χ4v) is 2.40. The van der Waals surface area contributed by atoms with Crippen LogP contribution in [-0.2, 0) is 4.79 Å². The summed E-state index contributed by atoms with van der Waals surface area (Å²) in [6, 6.07) is 8.24. The monoisotopic (exact) mass is 376 g/mol. The van der Waals surface area contributed by atoms with E-state index in [1.807, 2.05) is 6.07 Å². The maximum atomic E-state index is 10.1. The number of hydrogen-bond acceptors (Lipinski definition) is 6. The van der Waals surface area contributed by atoms with Gasteiger partial charge in [0.05, 0.1) is 11.6 Å². The van der Waals surface area contributed by atoms with E-state index in [-0.39, 0.29) is 0 Å². The highest BCUT2D eigenvalue weighted by atomic mass is 16.4. The molecule has 0 bridgehead atoms. The summed E-state index contributed by atoms with van der Waals surface area (Å²) in [4.78, 5) is 20.3. The van der Waals surface area contributed by atoms with Gasteiger partial charge in [0, 0.05) is 11.6 Å². The lowest BCUT2D eigenvalue weighted by Gasteiger charge is -2.15. The average molecular weight is 377 g/mol. The van der Waals surface area contributed by atoms with Crippen LogP contribution in [0.5, 0.6) is 0 Å². The van der Waals surface area contributed by atoms with Crippen LogP contribution in [0, 0.1) is 11.3 Å². The van der Waals surface area contributed by atoms with Crippen molar-refractivity contribution in [2.75, 3.05) is 6.54 Å². The van der Waals surface area contributed by atoms with Gasteiger partial charge in [0.2, 0.25) is 0 Å². The molecule has 27 heavy (non-hydrogen) atoms. The number of aliphatic carboxylic acids is 1. The molecule has 7 nitrogen and oxygen atoms in total. The van der Waals surface area contributed by atoms with Gasteiger partial charge >= 0.3 is 5.97 Å². The second-order valence-corrected chi connectivity index (χ2v) is 6.48. The second kappa shape index (κ2) is 15.9. The summed E-state index contributed by atoms with van der Waals surface area (Å²) >= 11 is 0. The van der Waals surface area contributed by atoms with Gasteiger partial charge in [0.25, 0.3) is 0 Å². The van der Waals surface area contributed by atoms with Gasteiger partial charge in [-0.25, -0.2) is 0 Å². The Kier molecular flexibility index (Phi) is 14.6. The van der Waals surface area contributed by atoms with Crippen LogP contribution in [0.2, 0.25) is 0 Å². The summed E-state index contributed by atoms with van der Waals surface area (Å²) < 4.78 is 0. The van der Waals surface area contributed by atoms with Crippen molar-refractivity contribution in [2.45, 2.75) is 63.5 Å². The summed E-state index contributed by atoms with van der Waals surface area (Å²) in [7, 11) is 0. The Morgan fingerprint density at radius 3 is 2.19 bits per heavy atom. The molecule has 0 aliphatic heterocycles. The molecule has 1 aliphatic carbocycles. The normalized spacial score (nSPS) is 14.4. The number of rotatable bonds is 6. The lowest BCUT2D eigenvalue weighted by molar-refractivity contribution is -0.138. The Bertz CT molecular complexity index is 564. The van der Waals surface area contributed by atoms with E-state index in [1.54, 1.807) is 24.3 Å². The molecule has 150 valence electrons. The molecule has 1 saturated carbocycles. The van der Waals surface area contributed by atoms with Crippen molar-refractivity contribution in [2.24, 2.45) is 17.2 Å². The van der Waals surface area contributed by atoms with Crippen LogP contribution in [-0.4, -0.2) is 36.0 Å². The van der Waals surface area contributed by atoms with Gasteiger partial charge in [-0.05, 0) is 44.4 Å². The number of nitrogens with zero attached hydrogens (tertiary/aromatic N) is 1. The Balaban J connectivity index is 0.000000382. The molecule has 7 N–H and O–H groups in total. The number of hydrogen-bond donors (Lipinski definition) is 4. The smallest absolute Gasteiger partial charge is 0.320 e. The van der Waals surface area contributed by atoms with Gasteiger partial charge in [-0.1, -0.05) is 37.8 Å². The van der Waals surface area contributed by atoms with Gasteiger partial charge in [0.1, 0.15) is 12.3 Å². The molecular weight excluding hydrogens is 344 g/mol. The van der Waals surface area contributed by atoms with Crippen molar-refractivity contribution in [1.29, 1.82) is 5.26 Å². The Labute approximate surface area is 161 Å². The highest BCUT2D eigenvalue weighted by Gasteiger charge is 2.09. The number of nitriles is 1. The molecule has 7 heteroatoms. The molecule has 1 aliphatic rings. The van der Waals surface area contributed by atoms with Crippen molar-refractivity contribution < 1.29 is 14.7 Å². The lowest BCUT2D eigenvalue weighted by atomic mass is 9.97. The third-order valence-electron chi connectivity index (χ3n) is 4.11. The van der Waals surface area contributed by atoms with E-state index in [2.05, 4.69) is 0 Å². The molecule has 0 aromatic heterocycles. The van der Waals surface area contributed by atoms with Crippen LogP contribution in [0.3, 0.4) is 0 Å². The summed E-state index contributed by atoms with van der Waals surface area (Å²) in [6.07, 6.45) is 9.58. The maximum Gasteiger partial charge on any atom is 0.320 e. The summed E-state index contributed by atoms with van der Waals surface area (Å²) in [5, 5.41) is 16.7. The summed E-state index contributed by atoms with van der Waals surface area (Å²) in [5.41, 5.74) is 17.2. The van der Waals surface area contributed by atoms with Gasteiger partial charge < -0.3 is 22.3 Å². The van der Waals surface area contributed by atoms with E-state index in [1.165, 1.54) is 32.1 Å². The third-order valence-corrected chi connectivity index (χ3v) is 4.11. The van der Waals surface area contributed by atoms with Crippen LogP contribution in [0.4, 0.5) is 0 Å². The van der Waals surface area contributed by atoms with E-state index >= 15 is 0 Å². The zero-order valence-electron chi connectivity index (χ0n) is 15.8. The van der Waals surface area contributed by atoms with Gasteiger partial charge in [0.15, 0.2) is 0 Å². The topological polar surface area (TPSA) is 156 Å². The SMILES string of the molecule is N#Cc1ccc(C=O)cc1.NC1CCCCC1.NCCCC[C@H](N)C(=O)O. The highest BCUT2D eigenvalue weighted by molar-refractivity contribution is 5.74. The minimum Gasteiger partial charge on any atom is -0.480 e. The molecule has 0 radical (unpaired) electrons. The fraction of sp³-hybridized carbons (Fsp3) is 0.550. The number of carboxylic acid groups (broad SMARTS) is 1. The van der Waals surface area contributed by atoms with Gasteiger partial charge in [-0.3, -0.25) is 9.59 Å². The molecular formula is C20H32N4O3. The van der Waals surface area contributed by atoms with Crippen LogP contribution in [0.1, 0.15) is 67.3 Å². The molecule has 0 amide bonds. The zero-order chi connectivity index (χ0) is 20.5. The highest BCUT2D eigenvalue weighted by Crippen LogP contribution is 2.14. The molecule has 1 fully saturated rings. The Hall–Kier alpha value is -2.27. The summed E-state index contributed by atoms with van der Waals surface area (Å²) in [5.74, 6) is -0.933. The number of nitrogens with two attached hydrogens (primary N) is 3. The molecule has 2 rings (SSSR count). The fourth-order valence-electron chi connectivity index (χ4n) is 2.40. The van der Waals surface area contributed by atoms with Crippen LogP contribution in [0.15, 0.2) is 24.3 Å². The van der Waals surface area contributed by atoms with E-state index in [0.29, 0.717) is 30.1 Å².